The largest absolute Gasteiger partial charge is 0.494 e. The lowest BCUT2D eigenvalue weighted by Crippen LogP contribution is -2.13. The second-order valence-electron chi connectivity index (χ2n) is 5.22. The van der Waals surface area contributed by atoms with Gasteiger partial charge in [-0.05, 0) is 48.9 Å². The van der Waals surface area contributed by atoms with Crippen LogP contribution in [0.5, 0.6) is 5.75 Å². The number of ether oxygens (including phenoxy) is 1. The Morgan fingerprint density at radius 2 is 1.96 bits per heavy atom. The minimum atomic E-state index is -3.79. The second-order valence-corrected chi connectivity index (χ2v) is 7.31. The Morgan fingerprint density at radius 3 is 2.62 bits per heavy atom. The molecule has 1 aliphatic heterocycles. The Morgan fingerprint density at radius 1 is 1.25 bits per heavy atom. The number of amides is 1. The van der Waals surface area contributed by atoms with Crippen molar-refractivity contribution in [1.29, 1.82) is 0 Å². The number of carbonyl (C=O) groups excluding carboxylic acids is 1. The van der Waals surface area contributed by atoms with Gasteiger partial charge in [-0.1, -0.05) is 11.6 Å². The summed E-state index contributed by atoms with van der Waals surface area (Å²) >= 11 is 6.12. The molecule has 0 radical (unpaired) electrons. The standard InChI is InChI=1S/C16H15ClN2O4S/c1-2-23-11-3-5-12(6-4-11)24(21,22)19-15-7-10-8-16(20)18-14(10)9-13(15)17/h3-7,9,19H,2,8H2,1H3,(H,18,20). The Bertz CT molecular complexity index is 895. The molecule has 0 aromatic heterocycles. The molecule has 3 rings (SSSR count). The molecule has 0 atom stereocenters. The maximum Gasteiger partial charge on any atom is 0.261 e. The van der Waals surface area contributed by atoms with Crippen molar-refractivity contribution in [1.82, 2.24) is 0 Å². The molecule has 0 fully saturated rings. The lowest BCUT2D eigenvalue weighted by molar-refractivity contribution is -0.115. The van der Waals surface area contributed by atoms with E-state index < -0.39 is 10.0 Å². The highest BCUT2D eigenvalue weighted by molar-refractivity contribution is 7.92. The number of anilines is 2. The van der Waals surface area contributed by atoms with Crippen molar-refractivity contribution >= 4 is 38.9 Å². The van der Waals surface area contributed by atoms with Crippen molar-refractivity contribution in [2.75, 3.05) is 16.6 Å². The van der Waals surface area contributed by atoms with Gasteiger partial charge in [0.15, 0.2) is 0 Å². The summed E-state index contributed by atoms with van der Waals surface area (Å²) in [4.78, 5) is 11.5. The number of halogens is 1. The van der Waals surface area contributed by atoms with Gasteiger partial charge in [0.05, 0.1) is 28.6 Å². The van der Waals surface area contributed by atoms with E-state index >= 15 is 0 Å². The molecule has 0 unspecified atom stereocenters. The van der Waals surface area contributed by atoms with Gasteiger partial charge in [0.2, 0.25) is 5.91 Å². The summed E-state index contributed by atoms with van der Waals surface area (Å²) < 4.78 is 32.7. The van der Waals surface area contributed by atoms with Crippen LogP contribution in [0.1, 0.15) is 12.5 Å². The quantitative estimate of drug-likeness (QED) is 0.851. The third-order valence-electron chi connectivity index (χ3n) is 3.51. The van der Waals surface area contributed by atoms with E-state index in [4.69, 9.17) is 16.3 Å². The summed E-state index contributed by atoms with van der Waals surface area (Å²) in [5.74, 6) is 0.448. The predicted molar refractivity (Wildman–Crippen MR) is 92.2 cm³/mol. The van der Waals surface area contributed by atoms with Crippen LogP contribution < -0.4 is 14.8 Å². The normalized spacial score (nSPS) is 13.3. The monoisotopic (exact) mass is 366 g/mol. The summed E-state index contributed by atoms with van der Waals surface area (Å²) in [6.45, 7) is 2.35. The summed E-state index contributed by atoms with van der Waals surface area (Å²) in [5.41, 5.74) is 1.55. The van der Waals surface area contributed by atoms with Crippen LogP contribution in [0.3, 0.4) is 0 Å². The third-order valence-corrected chi connectivity index (χ3v) is 5.20. The second kappa shape index (κ2) is 6.33. The number of carbonyl (C=O) groups is 1. The van der Waals surface area contributed by atoms with Crippen molar-refractivity contribution in [2.45, 2.75) is 18.2 Å². The summed E-state index contributed by atoms with van der Waals surface area (Å²) in [5, 5.41) is 2.88. The first-order valence-electron chi connectivity index (χ1n) is 7.27. The zero-order valence-electron chi connectivity index (χ0n) is 12.8. The number of nitrogens with one attached hydrogen (secondary N) is 2. The molecule has 2 aromatic rings. The van der Waals surface area contributed by atoms with Gasteiger partial charge in [0, 0.05) is 5.69 Å². The molecule has 2 N–H and O–H groups in total. The fraction of sp³-hybridized carbons (Fsp3) is 0.188. The van der Waals surface area contributed by atoms with Gasteiger partial charge in [0.25, 0.3) is 10.0 Å². The number of fused-ring (bicyclic) bond motifs is 1. The lowest BCUT2D eigenvalue weighted by atomic mass is 10.1. The predicted octanol–water partition coefficient (Wildman–Crippen LogP) is 3.03. The van der Waals surface area contributed by atoms with Crippen LogP contribution in [0, 0.1) is 0 Å². The molecule has 1 amide bonds. The van der Waals surface area contributed by atoms with Crippen LogP contribution in [-0.4, -0.2) is 20.9 Å². The third kappa shape index (κ3) is 3.32. The summed E-state index contributed by atoms with van der Waals surface area (Å²) in [6, 6.07) is 9.20. The molecule has 8 heteroatoms. The number of benzene rings is 2. The number of hydrogen-bond donors (Lipinski definition) is 2. The first-order valence-corrected chi connectivity index (χ1v) is 9.13. The minimum Gasteiger partial charge on any atom is -0.494 e. The van der Waals surface area contributed by atoms with E-state index in [-0.39, 0.29) is 27.9 Å². The molecule has 6 nitrogen and oxygen atoms in total. The number of sulfonamides is 1. The summed E-state index contributed by atoms with van der Waals surface area (Å²) in [6.07, 6.45) is 0.199. The summed E-state index contributed by atoms with van der Waals surface area (Å²) in [7, 11) is -3.79. The van der Waals surface area contributed by atoms with Crippen molar-refractivity contribution in [2.24, 2.45) is 0 Å². The van der Waals surface area contributed by atoms with Crippen molar-refractivity contribution in [3.05, 3.63) is 47.0 Å². The number of hydrogen-bond acceptors (Lipinski definition) is 4. The molecule has 0 bridgehead atoms. The van der Waals surface area contributed by atoms with Crippen LogP contribution in [0.15, 0.2) is 41.3 Å². The van der Waals surface area contributed by atoms with E-state index in [9.17, 15) is 13.2 Å². The smallest absolute Gasteiger partial charge is 0.261 e. The van der Waals surface area contributed by atoms with Crippen LogP contribution in [0.2, 0.25) is 5.02 Å². The Hall–Kier alpha value is -2.25. The molecule has 1 heterocycles. The fourth-order valence-corrected chi connectivity index (χ4v) is 3.75. The molecular formula is C16H15ClN2O4S. The molecule has 0 saturated heterocycles. The zero-order chi connectivity index (χ0) is 17.3. The molecular weight excluding hydrogens is 352 g/mol. The van der Waals surface area contributed by atoms with Gasteiger partial charge in [-0.3, -0.25) is 9.52 Å². The maximum absolute atomic E-state index is 12.5. The number of rotatable bonds is 5. The van der Waals surface area contributed by atoms with Gasteiger partial charge >= 0.3 is 0 Å². The van der Waals surface area contributed by atoms with E-state index in [1.807, 2.05) is 6.92 Å². The highest BCUT2D eigenvalue weighted by Gasteiger charge is 2.22. The van der Waals surface area contributed by atoms with E-state index in [0.717, 1.165) is 0 Å². The van der Waals surface area contributed by atoms with Crippen LogP contribution in [-0.2, 0) is 21.2 Å². The van der Waals surface area contributed by atoms with Crippen LogP contribution in [0.25, 0.3) is 0 Å². The molecule has 0 aliphatic carbocycles. The van der Waals surface area contributed by atoms with Crippen molar-refractivity contribution < 1.29 is 17.9 Å². The van der Waals surface area contributed by atoms with Crippen LogP contribution in [0.4, 0.5) is 11.4 Å². The molecule has 24 heavy (non-hydrogen) atoms. The minimum absolute atomic E-state index is 0.0942. The van der Waals surface area contributed by atoms with Gasteiger partial charge in [-0.2, -0.15) is 0 Å². The molecule has 2 aromatic carbocycles. The molecule has 0 spiro atoms. The average molecular weight is 367 g/mol. The molecule has 126 valence electrons. The average Bonchev–Trinajstić information content (AvgIpc) is 2.87. The molecule has 1 aliphatic rings. The van der Waals surface area contributed by atoms with Crippen LogP contribution >= 0.6 is 11.6 Å². The van der Waals surface area contributed by atoms with E-state index in [2.05, 4.69) is 10.0 Å². The van der Waals surface area contributed by atoms with Crippen molar-refractivity contribution in [3.63, 3.8) is 0 Å². The fourth-order valence-electron chi connectivity index (χ4n) is 2.41. The van der Waals surface area contributed by atoms with Gasteiger partial charge < -0.3 is 10.1 Å². The Kier molecular flexibility index (Phi) is 4.38. The topological polar surface area (TPSA) is 84.5 Å². The van der Waals surface area contributed by atoms with Crippen molar-refractivity contribution in [3.8, 4) is 5.75 Å². The van der Waals surface area contributed by atoms with E-state index in [0.29, 0.717) is 23.6 Å². The highest BCUT2D eigenvalue weighted by atomic mass is 35.5. The van der Waals surface area contributed by atoms with Gasteiger partial charge in [-0.15, -0.1) is 0 Å². The van der Waals surface area contributed by atoms with Gasteiger partial charge in [0.1, 0.15) is 5.75 Å². The lowest BCUT2D eigenvalue weighted by Gasteiger charge is -2.12. The maximum atomic E-state index is 12.5. The molecule has 0 saturated carbocycles. The first kappa shape index (κ1) is 16.6. The van der Waals surface area contributed by atoms with E-state index in [1.54, 1.807) is 18.2 Å². The Labute approximate surface area is 144 Å². The zero-order valence-corrected chi connectivity index (χ0v) is 14.4. The first-order chi connectivity index (χ1) is 11.4. The Balaban J connectivity index is 1.87. The van der Waals surface area contributed by atoms with Gasteiger partial charge in [-0.25, -0.2) is 8.42 Å². The highest BCUT2D eigenvalue weighted by Crippen LogP contribution is 2.34. The SMILES string of the molecule is CCOc1ccc(S(=O)(=O)Nc2cc3c(cc2Cl)NC(=O)C3)cc1. The van der Waals surface area contributed by atoms with E-state index in [1.165, 1.54) is 18.2 Å².